The van der Waals surface area contributed by atoms with Crippen LogP contribution >= 0.6 is 0 Å². The Morgan fingerprint density at radius 1 is 1.45 bits per heavy atom. The number of pyridine rings is 1. The van der Waals surface area contributed by atoms with E-state index in [0.717, 1.165) is 12.7 Å². The second-order valence-corrected chi connectivity index (χ2v) is 3.86. The Bertz CT molecular complexity index is 477. The molecular weight excluding hydrogens is 266 g/mol. The van der Waals surface area contributed by atoms with Gasteiger partial charge in [0.25, 0.3) is 0 Å². The highest BCUT2D eigenvalue weighted by Crippen LogP contribution is 1.97. The van der Waals surface area contributed by atoms with Crippen LogP contribution < -0.4 is 10.6 Å². The molecule has 1 aromatic heterocycles. The molecule has 0 saturated heterocycles. The molecule has 0 aliphatic carbocycles. The normalized spacial score (nSPS) is 11.2. The van der Waals surface area contributed by atoms with Crippen LogP contribution in [-0.2, 0) is 20.9 Å². The van der Waals surface area contributed by atoms with Crippen LogP contribution in [-0.4, -0.2) is 41.2 Å². The topological polar surface area (TPSA) is 118 Å². The van der Waals surface area contributed by atoms with Crippen molar-refractivity contribution in [3.8, 4) is 0 Å². The molecule has 8 heteroatoms. The standard InChI is InChI=1S/C12H15N3O5/c1-20-10(16)5-9(11(17)18)15-12(19)14-7-8-3-2-4-13-6-8/h2-4,6,9H,5,7H2,1H3,(H,17,18)(H2,14,15,19)/t9-/m0/s1. The van der Waals surface area contributed by atoms with Crippen molar-refractivity contribution in [1.29, 1.82) is 0 Å². The Hall–Kier alpha value is -2.64. The first-order valence-electron chi connectivity index (χ1n) is 5.76. The predicted molar refractivity (Wildman–Crippen MR) is 67.7 cm³/mol. The van der Waals surface area contributed by atoms with E-state index in [1.165, 1.54) is 0 Å². The molecule has 0 fully saturated rings. The number of carbonyl (C=O) groups is 3. The van der Waals surface area contributed by atoms with Crippen molar-refractivity contribution in [2.45, 2.75) is 19.0 Å². The van der Waals surface area contributed by atoms with Crippen molar-refractivity contribution in [3.05, 3.63) is 30.1 Å². The maximum Gasteiger partial charge on any atom is 0.326 e. The molecule has 0 radical (unpaired) electrons. The lowest BCUT2D eigenvalue weighted by Crippen LogP contribution is -2.46. The fourth-order valence-corrected chi connectivity index (χ4v) is 1.34. The van der Waals surface area contributed by atoms with E-state index in [-0.39, 0.29) is 6.54 Å². The number of carboxylic acids is 1. The predicted octanol–water partition coefficient (Wildman–Crippen LogP) is -0.103. The largest absolute Gasteiger partial charge is 0.480 e. The zero-order valence-electron chi connectivity index (χ0n) is 10.8. The molecular formula is C12H15N3O5. The summed E-state index contributed by atoms with van der Waals surface area (Å²) < 4.78 is 4.36. The minimum Gasteiger partial charge on any atom is -0.480 e. The molecule has 1 rings (SSSR count). The molecule has 108 valence electrons. The summed E-state index contributed by atoms with van der Waals surface area (Å²) in [6, 6.07) is 1.45. The van der Waals surface area contributed by atoms with Crippen molar-refractivity contribution < 1.29 is 24.2 Å². The number of nitrogens with zero attached hydrogens (tertiary/aromatic N) is 1. The molecule has 0 unspecified atom stereocenters. The molecule has 0 bridgehead atoms. The van der Waals surface area contributed by atoms with E-state index in [0.29, 0.717) is 0 Å². The maximum atomic E-state index is 11.5. The van der Waals surface area contributed by atoms with Gasteiger partial charge >= 0.3 is 18.0 Å². The zero-order valence-corrected chi connectivity index (χ0v) is 10.8. The second kappa shape index (κ2) is 7.72. The summed E-state index contributed by atoms with van der Waals surface area (Å²) >= 11 is 0. The fourth-order valence-electron chi connectivity index (χ4n) is 1.34. The van der Waals surface area contributed by atoms with Crippen molar-refractivity contribution in [1.82, 2.24) is 15.6 Å². The van der Waals surface area contributed by atoms with Crippen LogP contribution in [0.4, 0.5) is 4.79 Å². The first-order valence-corrected chi connectivity index (χ1v) is 5.76. The number of carbonyl (C=O) groups excluding carboxylic acids is 2. The van der Waals surface area contributed by atoms with Crippen molar-refractivity contribution in [2.24, 2.45) is 0 Å². The smallest absolute Gasteiger partial charge is 0.326 e. The number of esters is 1. The summed E-state index contributed by atoms with van der Waals surface area (Å²) in [4.78, 5) is 37.3. The van der Waals surface area contributed by atoms with Crippen LogP contribution in [0.25, 0.3) is 0 Å². The highest BCUT2D eigenvalue weighted by Gasteiger charge is 2.23. The van der Waals surface area contributed by atoms with E-state index in [9.17, 15) is 14.4 Å². The lowest BCUT2D eigenvalue weighted by molar-refractivity contribution is -0.147. The van der Waals surface area contributed by atoms with E-state index >= 15 is 0 Å². The summed E-state index contributed by atoms with van der Waals surface area (Å²) in [5.74, 6) is -2.03. The zero-order chi connectivity index (χ0) is 15.0. The third kappa shape index (κ3) is 5.34. The van der Waals surface area contributed by atoms with Gasteiger partial charge in [-0.3, -0.25) is 9.78 Å². The Labute approximate surface area is 115 Å². The molecule has 0 spiro atoms. The Morgan fingerprint density at radius 2 is 2.20 bits per heavy atom. The number of urea groups is 1. The Balaban J connectivity index is 2.46. The van der Waals surface area contributed by atoms with Gasteiger partial charge in [-0.2, -0.15) is 0 Å². The summed E-state index contributed by atoms with van der Waals surface area (Å²) in [6.45, 7) is 0.199. The highest BCUT2D eigenvalue weighted by atomic mass is 16.5. The quantitative estimate of drug-likeness (QED) is 0.627. The molecule has 1 aromatic rings. The van der Waals surface area contributed by atoms with Crippen LogP contribution in [0.1, 0.15) is 12.0 Å². The summed E-state index contributed by atoms with van der Waals surface area (Å²) in [7, 11) is 1.14. The van der Waals surface area contributed by atoms with Crippen molar-refractivity contribution >= 4 is 18.0 Å². The minimum absolute atomic E-state index is 0.199. The average molecular weight is 281 g/mol. The second-order valence-electron chi connectivity index (χ2n) is 3.86. The number of carboxylic acid groups (broad SMARTS) is 1. The molecule has 3 N–H and O–H groups in total. The third-order valence-electron chi connectivity index (χ3n) is 2.38. The van der Waals surface area contributed by atoms with E-state index in [1.54, 1.807) is 24.5 Å². The van der Waals surface area contributed by atoms with E-state index in [2.05, 4.69) is 20.4 Å². The van der Waals surface area contributed by atoms with Crippen LogP contribution in [0.15, 0.2) is 24.5 Å². The van der Waals surface area contributed by atoms with E-state index < -0.39 is 30.4 Å². The molecule has 1 heterocycles. The average Bonchev–Trinajstić information content (AvgIpc) is 2.45. The summed E-state index contributed by atoms with van der Waals surface area (Å²) in [5.41, 5.74) is 0.766. The molecule has 2 amide bonds. The summed E-state index contributed by atoms with van der Waals surface area (Å²) in [5, 5.41) is 13.5. The molecule has 0 aliphatic rings. The lowest BCUT2D eigenvalue weighted by atomic mass is 10.2. The highest BCUT2D eigenvalue weighted by molar-refractivity contribution is 5.86. The molecule has 1 atom stereocenters. The maximum absolute atomic E-state index is 11.5. The van der Waals surface area contributed by atoms with Gasteiger partial charge in [-0.15, -0.1) is 0 Å². The molecule has 20 heavy (non-hydrogen) atoms. The number of amides is 2. The molecule has 8 nitrogen and oxygen atoms in total. The number of hydrogen-bond acceptors (Lipinski definition) is 5. The van der Waals surface area contributed by atoms with Crippen molar-refractivity contribution in [2.75, 3.05) is 7.11 Å². The number of methoxy groups -OCH3 is 1. The number of aromatic nitrogens is 1. The van der Waals surface area contributed by atoms with Crippen LogP contribution in [0.2, 0.25) is 0 Å². The van der Waals surface area contributed by atoms with Gasteiger partial charge in [0, 0.05) is 18.9 Å². The van der Waals surface area contributed by atoms with Gasteiger partial charge in [-0.25, -0.2) is 9.59 Å². The van der Waals surface area contributed by atoms with Gasteiger partial charge in [0.1, 0.15) is 6.04 Å². The minimum atomic E-state index is -1.34. The van der Waals surface area contributed by atoms with Gasteiger partial charge in [0.15, 0.2) is 0 Å². The van der Waals surface area contributed by atoms with E-state index in [4.69, 9.17) is 5.11 Å². The van der Waals surface area contributed by atoms with Crippen LogP contribution in [0.5, 0.6) is 0 Å². The van der Waals surface area contributed by atoms with E-state index in [1.807, 2.05) is 0 Å². The first-order chi connectivity index (χ1) is 9.52. The SMILES string of the molecule is COC(=O)C[C@H](NC(=O)NCc1cccnc1)C(=O)O. The van der Waals surface area contributed by atoms with Gasteiger partial charge in [-0.1, -0.05) is 6.07 Å². The Kier molecular flexibility index (Phi) is 5.95. The van der Waals surface area contributed by atoms with Crippen molar-refractivity contribution in [3.63, 3.8) is 0 Å². The number of aliphatic carboxylic acids is 1. The Morgan fingerprint density at radius 3 is 2.75 bits per heavy atom. The molecule has 0 aromatic carbocycles. The number of ether oxygens (including phenoxy) is 1. The fraction of sp³-hybridized carbons (Fsp3) is 0.333. The van der Waals surface area contributed by atoms with Gasteiger partial charge in [0.05, 0.1) is 13.5 Å². The van der Waals surface area contributed by atoms with Gasteiger partial charge in [0.2, 0.25) is 0 Å². The van der Waals surface area contributed by atoms with Gasteiger partial charge < -0.3 is 20.5 Å². The van der Waals surface area contributed by atoms with Crippen LogP contribution in [0.3, 0.4) is 0 Å². The number of nitrogens with one attached hydrogen (secondary N) is 2. The third-order valence-corrected chi connectivity index (χ3v) is 2.38. The number of rotatable bonds is 6. The lowest BCUT2D eigenvalue weighted by Gasteiger charge is -2.14. The molecule has 0 aliphatic heterocycles. The summed E-state index contributed by atoms with van der Waals surface area (Å²) in [6.07, 6.45) is 2.73. The van der Waals surface area contributed by atoms with Crippen LogP contribution in [0, 0.1) is 0 Å². The molecule has 0 saturated carbocycles. The van der Waals surface area contributed by atoms with Gasteiger partial charge in [-0.05, 0) is 11.6 Å². The monoisotopic (exact) mass is 281 g/mol. The first kappa shape index (κ1) is 15.4. The number of hydrogen-bond donors (Lipinski definition) is 3.